The summed E-state index contributed by atoms with van der Waals surface area (Å²) in [4.78, 5) is 2.90. The molecular weight excluding hydrogens is 485 g/mol. The van der Waals surface area contributed by atoms with Crippen molar-refractivity contribution in [3.63, 3.8) is 0 Å². The van der Waals surface area contributed by atoms with Crippen LogP contribution in [0.2, 0.25) is 0 Å². The first-order valence-corrected chi connectivity index (χ1v) is 14.8. The quantitative estimate of drug-likeness (QED) is 0.204. The van der Waals surface area contributed by atoms with E-state index in [0.717, 1.165) is 0 Å². The lowest BCUT2D eigenvalue weighted by atomic mass is 9.93. The average Bonchev–Trinajstić information content (AvgIpc) is 3.56. The maximum atomic E-state index is 2.37. The molecule has 0 atom stereocenters. The van der Waals surface area contributed by atoms with Gasteiger partial charge < -0.3 is 0 Å². The number of hydrogen-bond acceptors (Lipinski definition) is 2. The second-order valence-corrected chi connectivity index (χ2v) is 12.6. The van der Waals surface area contributed by atoms with Crippen LogP contribution in [0, 0.1) is 20.8 Å². The van der Waals surface area contributed by atoms with Gasteiger partial charge in [0, 0.05) is 29.9 Å². The summed E-state index contributed by atoms with van der Waals surface area (Å²) in [6, 6.07) is 22.7. The van der Waals surface area contributed by atoms with Crippen molar-refractivity contribution in [1.29, 1.82) is 0 Å². The largest absolute Gasteiger partial charge is 0.140 e. The van der Waals surface area contributed by atoms with Crippen LogP contribution >= 0.6 is 22.7 Å². The standard InChI is InChI=1S/C35H32S2/c1-5-7-25-11-13-26(14-12-25)15-16-27-17-19-31-33(21-27)37-24(4)35(31)29-9-6-8-28(29)34-23(3)36-32-20-22(2)10-18-30(32)34/h5,7,10-21H,6,8-9H2,1-4H3. The molecule has 0 saturated carbocycles. The van der Waals surface area contributed by atoms with Crippen molar-refractivity contribution >= 4 is 72.2 Å². The van der Waals surface area contributed by atoms with Gasteiger partial charge in [0.1, 0.15) is 0 Å². The molecule has 2 aromatic heterocycles. The second-order valence-electron chi connectivity index (χ2n) is 10.1. The number of rotatable bonds is 5. The van der Waals surface area contributed by atoms with Gasteiger partial charge in [0.2, 0.25) is 0 Å². The molecule has 184 valence electrons. The van der Waals surface area contributed by atoms with E-state index in [-0.39, 0.29) is 0 Å². The van der Waals surface area contributed by atoms with Gasteiger partial charge in [-0.25, -0.2) is 0 Å². The Bertz CT molecular complexity index is 1720. The highest BCUT2D eigenvalue weighted by atomic mass is 32.1. The molecule has 0 bridgehead atoms. The molecule has 1 aliphatic rings. The zero-order valence-electron chi connectivity index (χ0n) is 22.0. The minimum atomic E-state index is 1.18. The van der Waals surface area contributed by atoms with E-state index in [4.69, 9.17) is 0 Å². The van der Waals surface area contributed by atoms with E-state index >= 15 is 0 Å². The monoisotopic (exact) mass is 516 g/mol. The van der Waals surface area contributed by atoms with Crippen LogP contribution in [0.15, 0.2) is 66.7 Å². The Morgan fingerprint density at radius 2 is 1.11 bits per heavy atom. The van der Waals surface area contributed by atoms with E-state index in [1.54, 1.807) is 11.1 Å². The third kappa shape index (κ3) is 4.54. The molecule has 0 spiro atoms. The molecule has 0 amide bonds. The van der Waals surface area contributed by atoms with E-state index in [1.807, 2.05) is 22.7 Å². The van der Waals surface area contributed by atoms with Crippen molar-refractivity contribution in [3.05, 3.63) is 110 Å². The number of fused-ring (bicyclic) bond motifs is 2. The van der Waals surface area contributed by atoms with Crippen LogP contribution in [0.5, 0.6) is 0 Å². The lowest BCUT2D eigenvalue weighted by molar-refractivity contribution is 0.942. The maximum absolute atomic E-state index is 2.37. The Kier molecular flexibility index (Phi) is 6.48. The predicted molar refractivity (Wildman–Crippen MR) is 169 cm³/mol. The van der Waals surface area contributed by atoms with Gasteiger partial charge in [-0.1, -0.05) is 72.8 Å². The molecule has 0 saturated heterocycles. The van der Waals surface area contributed by atoms with Gasteiger partial charge in [-0.05, 0) is 104 Å². The molecule has 5 aromatic rings. The molecule has 0 aliphatic heterocycles. The van der Waals surface area contributed by atoms with Crippen LogP contribution in [-0.4, -0.2) is 0 Å². The third-order valence-electron chi connectivity index (χ3n) is 7.50. The average molecular weight is 517 g/mol. The molecule has 0 unspecified atom stereocenters. The van der Waals surface area contributed by atoms with E-state index in [9.17, 15) is 0 Å². The molecular formula is C35H32S2. The first-order chi connectivity index (χ1) is 18.0. The SMILES string of the molecule is CC=Cc1ccc(C=Cc2ccc3c(C4=C(c5c(C)sc6cc(C)ccc56)CCC4)c(C)sc3c2)cc1. The van der Waals surface area contributed by atoms with Crippen LogP contribution < -0.4 is 0 Å². The van der Waals surface area contributed by atoms with E-state index in [1.165, 1.54) is 82.6 Å². The molecule has 3 aromatic carbocycles. The zero-order chi connectivity index (χ0) is 25.5. The molecule has 0 fully saturated rings. The van der Waals surface area contributed by atoms with Crippen LogP contribution in [0.25, 0.3) is 49.5 Å². The Labute approximate surface area is 228 Å². The van der Waals surface area contributed by atoms with E-state index in [0.29, 0.717) is 0 Å². The molecule has 0 radical (unpaired) electrons. The summed E-state index contributed by atoms with van der Waals surface area (Å²) in [6.45, 7) is 8.87. The Hall–Kier alpha value is -3.20. The summed E-state index contributed by atoms with van der Waals surface area (Å²) in [5.74, 6) is 0. The van der Waals surface area contributed by atoms with Gasteiger partial charge in [-0.15, -0.1) is 22.7 Å². The molecule has 2 heteroatoms. The van der Waals surface area contributed by atoms with Gasteiger partial charge in [0.15, 0.2) is 0 Å². The fourth-order valence-electron chi connectivity index (χ4n) is 5.81. The molecule has 0 N–H and O–H groups in total. The van der Waals surface area contributed by atoms with Crippen LogP contribution in [0.3, 0.4) is 0 Å². The molecule has 2 heterocycles. The summed E-state index contributed by atoms with van der Waals surface area (Å²) in [7, 11) is 0. The third-order valence-corrected chi connectivity index (χ3v) is 9.63. The Balaban J connectivity index is 1.39. The van der Waals surface area contributed by atoms with E-state index < -0.39 is 0 Å². The fourth-order valence-corrected chi connectivity index (χ4v) is 8.14. The zero-order valence-corrected chi connectivity index (χ0v) is 23.7. The number of hydrogen-bond donors (Lipinski definition) is 0. The summed E-state index contributed by atoms with van der Waals surface area (Å²) in [5.41, 5.74) is 11.2. The normalized spacial score (nSPS) is 14.4. The predicted octanol–water partition coefficient (Wildman–Crippen LogP) is 11.3. The molecule has 1 aliphatic carbocycles. The second kappa shape index (κ2) is 9.93. The van der Waals surface area contributed by atoms with Crippen LogP contribution in [-0.2, 0) is 0 Å². The fraction of sp³-hybridized carbons (Fsp3) is 0.200. The van der Waals surface area contributed by atoms with Crippen molar-refractivity contribution in [2.45, 2.75) is 47.0 Å². The van der Waals surface area contributed by atoms with Gasteiger partial charge in [-0.2, -0.15) is 0 Å². The minimum Gasteiger partial charge on any atom is -0.140 e. The van der Waals surface area contributed by atoms with Crippen molar-refractivity contribution in [2.24, 2.45) is 0 Å². The first kappa shape index (κ1) is 24.2. The Morgan fingerprint density at radius 1 is 0.595 bits per heavy atom. The van der Waals surface area contributed by atoms with E-state index in [2.05, 4.69) is 113 Å². The topological polar surface area (TPSA) is 0 Å². The lowest BCUT2D eigenvalue weighted by Gasteiger charge is -2.10. The highest BCUT2D eigenvalue weighted by Crippen LogP contribution is 2.49. The number of allylic oxidation sites excluding steroid dienone is 3. The highest BCUT2D eigenvalue weighted by molar-refractivity contribution is 7.19. The summed E-state index contributed by atoms with van der Waals surface area (Å²) < 4.78 is 2.81. The van der Waals surface area contributed by atoms with Gasteiger partial charge >= 0.3 is 0 Å². The van der Waals surface area contributed by atoms with Gasteiger partial charge in [0.25, 0.3) is 0 Å². The van der Waals surface area contributed by atoms with Gasteiger partial charge in [0.05, 0.1) is 0 Å². The smallest absolute Gasteiger partial charge is 0.0357 e. The van der Waals surface area contributed by atoms with Crippen molar-refractivity contribution in [2.75, 3.05) is 0 Å². The number of benzene rings is 3. The van der Waals surface area contributed by atoms with Crippen molar-refractivity contribution in [3.8, 4) is 0 Å². The first-order valence-electron chi connectivity index (χ1n) is 13.2. The lowest BCUT2D eigenvalue weighted by Crippen LogP contribution is -1.88. The highest BCUT2D eigenvalue weighted by Gasteiger charge is 2.25. The number of thiophene rings is 2. The summed E-state index contributed by atoms with van der Waals surface area (Å²) in [6.07, 6.45) is 12.3. The molecule has 6 rings (SSSR count). The Morgan fingerprint density at radius 3 is 1.73 bits per heavy atom. The van der Waals surface area contributed by atoms with Gasteiger partial charge in [-0.3, -0.25) is 0 Å². The molecule has 0 nitrogen and oxygen atoms in total. The summed E-state index contributed by atoms with van der Waals surface area (Å²) >= 11 is 3.90. The maximum Gasteiger partial charge on any atom is 0.0357 e. The molecule has 37 heavy (non-hydrogen) atoms. The van der Waals surface area contributed by atoms with Crippen molar-refractivity contribution < 1.29 is 0 Å². The van der Waals surface area contributed by atoms with Crippen LogP contribution in [0.1, 0.15) is 69.3 Å². The van der Waals surface area contributed by atoms with Crippen molar-refractivity contribution in [1.82, 2.24) is 0 Å². The van der Waals surface area contributed by atoms with Crippen LogP contribution in [0.4, 0.5) is 0 Å². The minimum absolute atomic E-state index is 1.18. The number of aryl methyl sites for hydroxylation is 3. The summed E-state index contributed by atoms with van der Waals surface area (Å²) in [5, 5.41) is 2.85.